The number of rotatable bonds is 11. The molecule has 0 N–H and O–H groups in total. The maximum atomic E-state index is 6.18. The van der Waals surface area contributed by atoms with Gasteiger partial charge in [-0.15, -0.1) is 0 Å². The summed E-state index contributed by atoms with van der Waals surface area (Å²) in [6.45, 7) is 24.2. The first-order chi connectivity index (χ1) is 9.46. The fourth-order valence-electron chi connectivity index (χ4n) is 2.75. The number of hydrogen-bond acceptors (Lipinski definition) is 3. The predicted octanol–water partition coefficient (Wildman–Crippen LogP) is 4.88. The van der Waals surface area contributed by atoms with Gasteiger partial charge in [0, 0.05) is 13.2 Å². The van der Waals surface area contributed by atoms with Crippen molar-refractivity contribution in [1.82, 2.24) is 4.23 Å². The molecule has 0 aromatic carbocycles. The third-order valence-electron chi connectivity index (χ3n) is 3.81. The minimum atomic E-state index is -1.90. The highest BCUT2D eigenvalue weighted by Crippen LogP contribution is 2.20. The van der Waals surface area contributed by atoms with E-state index in [-0.39, 0.29) is 0 Å². The Kier molecular flexibility index (Phi) is 9.21. The molecule has 1 unspecified atom stereocenters. The van der Waals surface area contributed by atoms with Crippen molar-refractivity contribution in [3.8, 4) is 0 Å². The highest BCUT2D eigenvalue weighted by molar-refractivity contribution is 6.89. The summed E-state index contributed by atoms with van der Waals surface area (Å²) in [7, 11) is -4.36. The Balaban J connectivity index is 4.33. The average molecular weight is 350 g/mol. The van der Waals surface area contributed by atoms with E-state index in [0.29, 0.717) is 0 Å². The first-order valence-corrected chi connectivity index (χ1v) is 17.9. The Labute approximate surface area is 136 Å². The standard InChI is InChI=1S/C15H39NO2Si3/c1-10-14-17-21(9,11-2)18-15-12-13-16(19(3,4)5)20(6,7)8/h10-15H2,1-9H3. The van der Waals surface area contributed by atoms with Crippen LogP contribution in [-0.2, 0) is 8.85 Å². The Morgan fingerprint density at radius 1 is 0.762 bits per heavy atom. The molecule has 0 bridgehead atoms. The molecule has 0 aromatic heterocycles. The molecular weight excluding hydrogens is 310 g/mol. The first-order valence-electron chi connectivity index (χ1n) is 8.52. The molecular formula is C15H39NO2Si3. The van der Waals surface area contributed by atoms with Gasteiger partial charge in [-0.05, 0) is 32.0 Å². The van der Waals surface area contributed by atoms with Crippen molar-refractivity contribution in [2.75, 3.05) is 19.8 Å². The first kappa shape index (κ1) is 21.5. The summed E-state index contributed by atoms with van der Waals surface area (Å²) in [6, 6.07) is 1.04. The Bertz CT molecular complexity index is 276. The minimum Gasteiger partial charge on any atom is -0.394 e. The smallest absolute Gasteiger partial charge is 0.334 e. The Hall–Kier alpha value is 0.531. The Morgan fingerprint density at radius 3 is 1.62 bits per heavy atom. The van der Waals surface area contributed by atoms with E-state index in [2.05, 4.69) is 63.9 Å². The van der Waals surface area contributed by atoms with Crippen molar-refractivity contribution in [3.63, 3.8) is 0 Å². The van der Waals surface area contributed by atoms with Crippen LogP contribution in [0, 0.1) is 0 Å². The van der Waals surface area contributed by atoms with Crippen LogP contribution in [-0.4, -0.2) is 49.0 Å². The summed E-state index contributed by atoms with van der Waals surface area (Å²) in [5, 5.41) is 0. The van der Waals surface area contributed by atoms with Gasteiger partial charge in [0.1, 0.15) is 16.5 Å². The van der Waals surface area contributed by atoms with Crippen molar-refractivity contribution in [1.29, 1.82) is 0 Å². The lowest BCUT2D eigenvalue weighted by atomic mass is 10.5. The zero-order valence-corrected chi connectivity index (χ0v) is 19.0. The molecule has 0 rings (SSSR count). The minimum absolute atomic E-state index is 0.840. The summed E-state index contributed by atoms with van der Waals surface area (Å²) in [5.41, 5.74) is 0. The summed E-state index contributed by atoms with van der Waals surface area (Å²) >= 11 is 0. The van der Waals surface area contributed by atoms with Crippen molar-refractivity contribution in [3.05, 3.63) is 0 Å². The van der Waals surface area contributed by atoms with Crippen molar-refractivity contribution in [2.24, 2.45) is 0 Å². The van der Waals surface area contributed by atoms with E-state index in [4.69, 9.17) is 8.85 Å². The molecule has 1 atom stereocenters. The van der Waals surface area contributed by atoms with Crippen molar-refractivity contribution in [2.45, 2.75) is 78.6 Å². The topological polar surface area (TPSA) is 21.7 Å². The Morgan fingerprint density at radius 2 is 1.24 bits per heavy atom. The van der Waals surface area contributed by atoms with Crippen LogP contribution >= 0.6 is 0 Å². The maximum absolute atomic E-state index is 6.18. The molecule has 128 valence electrons. The van der Waals surface area contributed by atoms with E-state index in [0.717, 1.165) is 32.1 Å². The van der Waals surface area contributed by atoms with Gasteiger partial charge in [-0.2, -0.15) is 0 Å². The van der Waals surface area contributed by atoms with Crippen LogP contribution in [0.15, 0.2) is 0 Å². The maximum Gasteiger partial charge on any atom is 0.334 e. The second-order valence-electron chi connectivity index (χ2n) is 8.03. The molecule has 0 saturated heterocycles. The summed E-state index contributed by atoms with van der Waals surface area (Å²) in [4.78, 5) is 0. The normalized spacial score (nSPS) is 16.3. The monoisotopic (exact) mass is 349 g/mol. The highest BCUT2D eigenvalue weighted by Gasteiger charge is 2.34. The lowest BCUT2D eigenvalue weighted by Gasteiger charge is -2.43. The lowest BCUT2D eigenvalue weighted by Crippen LogP contribution is -2.59. The molecule has 21 heavy (non-hydrogen) atoms. The molecule has 0 amide bonds. The second-order valence-corrected chi connectivity index (χ2v) is 21.8. The van der Waals surface area contributed by atoms with E-state index >= 15 is 0 Å². The van der Waals surface area contributed by atoms with Gasteiger partial charge < -0.3 is 13.1 Å². The van der Waals surface area contributed by atoms with Gasteiger partial charge in [-0.1, -0.05) is 53.1 Å². The molecule has 6 heteroatoms. The zero-order chi connectivity index (χ0) is 16.7. The molecule has 0 saturated carbocycles. The quantitative estimate of drug-likeness (QED) is 0.392. The summed E-state index contributed by atoms with van der Waals surface area (Å²) in [6.07, 6.45) is 2.21. The largest absolute Gasteiger partial charge is 0.394 e. The summed E-state index contributed by atoms with van der Waals surface area (Å²) in [5.74, 6) is 0. The van der Waals surface area contributed by atoms with E-state index in [1.54, 1.807) is 0 Å². The van der Waals surface area contributed by atoms with Gasteiger partial charge >= 0.3 is 8.56 Å². The van der Waals surface area contributed by atoms with E-state index in [1.165, 1.54) is 6.54 Å². The fourth-order valence-corrected chi connectivity index (χ4v) is 14.2. The lowest BCUT2D eigenvalue weighted by molar-refractivity contribution is 0.171. The summed E-state index contributed by atoms with van der Waals surface area (Å²) < 4.78 is 15.0. The third kappa shape index (κ3) is 8.66. The molecule has 0 aliphatic rings. The van der Waals surface area contributed by atoms with E-state index in [9.17, 15) is 0 Å². The third-order valence-corrected chi connectivity index (χ3v) is 14.4. The molecule has 0 radical (unpaired) electrons. The van der Waals surface area contributed by atoms with E-state index in [1.807, 2.05) is 0 Å². The fraction of sp³-hybridized carbons (Fsp3) is 1.00. The molecule has 0 aliphatic carbocycles. The molecule has 0 fully saturated rings. The van der Waals surface area contributed by atoms with Gasteiger partial charge in [0.25, 0.3) is 0 Å². The highest BCUT2D eigenvalue weighted by atomic mass is 28.4. The van der Waals surface area contributed by atoms with Gasteiger partial charge in [0.15, 0.2) is 0 Å². The van der Waals surface area contributed by atoms with Crippen molar-refractivity contribution >= 4 is 25.0 Å². The van der Waals surface area contributed by atoms with Crippen LogP contribution in [0.4, 0.5) is 0 Å². The zero-order valence-electron chi connectivity index (χ0n) is 16.0. The van der Waals surface area contributed by atoms with Crippen LogP contribution in [0.2, 0.25) is 51.9 Å². The second kappa shape index (κ2) is 8.98. The molecule has 0 aromatic rings. The molecule has 0 aliphatic heterocycles. The van der Waals surface area contributed by atoms with Crippen LogP contribution < -0.4 is 0 Å². The van der Waals surface area contributed by atoms with Gasteiger partial charge in [0.05, 0.1) is 0 Å². The molecule has 0 spiro atoms. The molecule has 3 nitrogen and oxygen atoms in total. The van der Waals surface area contributed by atoms with Gasteiger partial charge in [0.2, 0.25) is 0 Å². The SMILES string of the molecule is CCCO[Si](C)(CC)OCCCN([Si](C)(C)C)[Si](C)(C)C. The van der Waals surface area contributed by atoms with Crippen LogP contribution in [0.25, 0.3) is 0 Å². The number of nitrogens with zero attached hydrogens (tertiary/aromatic N) is 1. The molecule has 0 heterocycles. The van der Waals surface area contributed by atoms with Crippen LogP contribution in [0.5, 0.6) is 0 Å². The van der Waals surface area contributed by atoms with Crippen LogP contribution in [0.3, 0.4) is 0 Å². The van der Waals surface area contributed by atoms with E-state index < -0.39 is 25.0 Å². The number of hydrogen-bond donors (Lipinski definition) is 0. The predicted molar refractivity (Wildman–Crippen MR) is 102 cm³/mol. The van der Waals surface area contributed by atoms with Gasteiger partial charge in [-0.3, -0.25) is 0 Å². The van der Waals surface area contributed by atoms with Crippen molar-refractivity contribution < 1.29 is 8.85 Å². The van der Waals surface area contributed by atoms with Gasteiger partial charge in [-0.25, -0.2) is 0 Å². The van der Waals surface area contributed by atoms with Crippen LogP contribution in [0.1, 0.15) is 26.7 Å². The average Bonchev–Trinajstić information content (AvgIpc) is 2.33.